The van der Waals surface area contributed by atoms with E-state index in [4.69, 9.17) is 4.74 Å². The number of aryl methyl sites for hydroxylation is 1. The van der Waals surface area contributed by atoms with Gasteiger partial charge in [0, 0.05) is 16.7 Å². The minimum atomic E-state index is -0.258. The summed E-state index contributed by atoms with van der Waals surface area (Å²) in [7, 11) is 0. The van der Waals surface area contributed by atoms with Crippen LogP contribution in [0.5, 0.6) is 5.75 Å². The van der Waals surface area contributed by atoms with Crippen LogP contribution in [0, 0.1) is 12.7 Å². The molecule has 0 N–H and O–H groups in total. The maximum Gasteiger partial charge on any atom is 0.126 e. The lowest BCUT2D eigenvalue weighted by Gasteiger charge is -2.08. The van der Waals surface area contributed by atoms with Gasteiger partial charge in [0.25, 0.3) is 0 Å². The average molecular weight is 262 g/mol. The number of benzene rings is 2. The second kappa shape index (κ2) is 6.45. The Bertz CT molecular complexity index is 499. The maximum atomic E-state index is 13.0. The van der Waals surface area contributed by atoms with Crippen molar-refractivity contribution in [1.82, 2.24) is 0 Å². The number of ether oxygens (including phenoxy) is 1. The van der Waals surface area contributed by atoms with Gasteiger partial charge in [-0.25, -0.2) is 4.39 Å². The lowest BCUT2D eigenvalue weighted by atomic mass is 10.2. The molecular weight excluding hydrogens is 247 g/mol. The molecule has 0 atom stereocenters. The van der Waals surface area contributed by atoms with Crippen LogP contribution in [0.25, 0.3) is 0 Å². The molecule has 0 radical (unpaired) electrons. The third-order valence-electron chi connectivity index (χ3n) is 2.50. The zero-order chi connectivity index (χ0) is 12.8. The van der Waals surface area contributed by atoms with Gasteiger partial charge in [-0.05, 0) is 30.7 Å². The van der Waals surface area contributed by atoms with Crippen LogP contribution >= 0.6 is 11.8 Å². The van der Waals surface area contributed by atoms with E-state index in [1.807, 2.05) is 25.1 Å². The minimum Gasteiger partial charge on any atom is -0.492 e. The highest BCUT2D eigenvalue weighted by atomic mass is 32.2. The highest BCUT2D eigenvalue weighted by Gasteiger charge is 2.01. The molecule has 0 heterocycles. The number of rotatable bonds is 5. The molecule has 0 aliphatic carbocycles. The van der Waals surface area contributed by atoms with Crippen molar-refractivity contribution in [3.05, 3.63) is 59.9 Å². The Morgan fingerprint density at radius 3 is 2.67 bits per heavy atom. The van der Waals surface area contributed by atoms with E-state index in [-0.39, 0.29) is 5.82 Å². The first kappa shape index (κ1) is 13.0. The van der Waals surface area contributed by atoms with Gasteiger partial charge in [-0.3, -0.25) is 0 Å². The third kappa shape index (κ3) is 3.77. The number of halogens is 1. The highest BCUT2D eigenvalue weighted by molar-refractivity contribution is 7.99. The molecule has 0 saturated carbocycles. The monoisotopic (exact) mass is 262 g/mol. The van der Waals surface area contributed by atoms with Gasteiger partial charge >= 0.3 is 0 Å². The van der Waals surface area contributed by atoms with Crippen LogP contribution in [0.15, 0.2) is 53.4 Å². The van der Waals surface area contributed by atoms with E-state index < -0.39 is 0 Å². The predicted octanol–water partition coefficient (Wildman–Crippen LogP) is 4.31. The van der Waals surface area contributed by atoms with Crippen LogP contribution in [0.3, 0.4) is 0 Å². The summed E-state index contributed by atoms with van der Waals surface area (Å²) in [6.45, 7) is 2.49. The maximum absolute atomic E-state index is 13.0. The molecule has 18 heavy (non-hydrogen) atoms. The molecule has 3 heteroatoms. The molecule has 0 spiro atoms. The molecule has 94 valence electrons. The Kier molecular flexibility index (Phi) is 4.65. The zero-order valence-corrected chi connectivity index (χ0v) is 11.0. The molecule has 1 nitrogen and oxygen atoms in total. The van der Waals surface area contributed by atoms with Crippen LogP contribution in [0.4, 0.5) is 4.39 Å². The molecular formula is C15H15FOS. The predicted molar refractivity (Wildman–Crippen MR) is 73.8 cm³/mol. The van der Waals surface area contributed by atoms with Crippen LogP contribution < -0.4 is 4.74 Å². The smallest absolute Gasteiger partial charge is 0.126 e. The molecule has 2 rings (SSSR count). The quantitative estimate of drug-likeness (QED) is 0.586. The van der Waals surface area contributed by atoms with E-state index in [0.29, 0.717) is 12.4 Å². The summed E-state index contributed by atoms with van der Waals surface area (Å²) in [6.07, 6.45) is 0. The fourth-order valence-electron chi connectivity index (χ4n) is 1.56. The highest BCUT2D eigenvalue weighted by Crippen LogP contribution is 2.20. The van der Waals surface area contributed by atoms with Gasteiger partial charge in [0.2, 0.25) is 0 Å². The summed E-state index contributed by atoms with van der Waals surface area (Å²) < 4.78 is 18.6. The normalized spacial score (nSPS) is 10.3. The largest absolute Gasteiger partial charge is 0.492 e. The summed E-state index contributed by atoms with van der Waals surface area (Å²) in [6, 6.07) is 14.8. The Balaban J connectivity index is 1.80. The van der Waals surface area contributed by atoms with Crippen molar-refractivity contribution in [3.63, 3.8) is 0 Å². The lowest BCUT2D eigenvalue weighted by Crippen LogP contribution is -2.01. The molecule has 0 unspecified atom stereocenters. The summed E-state index contributed by atoms with van der Waals surface area (Å²) in [4.78, 5) is 1.22. The van der Waals surface area contributed by atoms with Crippen LogP contribution in [-0.2, 0) is 0 Å². The number of thioether (sulfide) groups is 1. The van der Waals surface area contributed by atoms with Crippen LogP contribution in [-0.4, -0.2) is 12.4 Å². The van der Waals surface area contributed by atoms with Crippen LogP contribution in [0.2, 0.25) is 0 Å². The van der Waals surface area contributed by atoms with E-state index >= 15 is 0 Å². The van der Waals surface area contributed by atoms with E-state index in [2.05, 4.69) is 12.1 Å². The van der Waals surface area contributed by atoms with Crippen molar-refractivity contribution in [1.29, 1.82) is 0 Å². The average Bonchev–Trinajstić information content (AvgIpc) is 2.40. The topological polar surface area (TPSA) is 9.23 Å². The molecule has 2 aromatic carbocycles. The van der Waals surface area contributed by atoms with Gasteiger partial charge in [-0.15, -0.1) is 11.8 Å². The summed E-state index contributed by atoms with van der Waals surface area (Å²) in [5.74, 6) is 1.22. The standard InChI is InChI=1S/C15H15FOS/c1-12-7-8-13(16)11-15(12)17-9-10-18-14-5-3-2-4-6-14/h2-8,11H,9-10H2,1H3. The molecule has 0 aromatic heterocycles. The van der Waals surface area contributed by atoms with E-state index in [0.717, 1.165) is 11.3 Å². The van der Waals surface area contributed by atoms with Crippen molar-refractivity contribution < 1.29 is 9.13 Å². The third-order valence-corrected chi connectivity index (χ3v) is 3.48. The Labute approximate surface area is 111 Å². The molecule has 2 aromatic rings. The van der Waals surface area contributed by atoms with Gasteiger partial charge in [0.05, 0.1) is 6.61 Å². The molecule has 0 saturated heterocycles. The number of hydrogen-bond acceptors (Lipinski definition) is 2. The van der Waals surface area contributed by atoms with E-state index in [9.17, 15) is 4.39 Å². The van der Waals surface area contributed by atoms with Gasteiger partial charge in [0.1, 0.15) is 11.6 Å². The minimum absolute atomic E-state index is 0.258. The van der Waals surface area contributed by atoms with E-state index in [1.54, 1.807) is 17.8 Å². The first-order valence-corrected chi connectivity index (χ1v) is 6.81. The summed E-state index contributed by atoms with van der Waals surface area (Å²) >= 11 is 1.73. The van der Waals surface area contributed by atoms with Gasteiger partial charge in [0.15, 0.2) is 0 Å². The molecule has 0 aliphatic rings. The van der Waals surface area contributed by atoms with Crippen molar-refractivity contribution in [2.45, 2.75) is 11.8 Å². The van der Waals surface area contributed by atoms with Crippen molar-refractivity contribution in [2.75, 3.05) is 12.4 Å². The summed E-state index contributed by atoms with van der Waals surface area (Å²) in [5.41, 5.74) is 0.959. The van der Waals surface area contributed by atoms with E-state index in [1.165, 1.54) is 17.0 Å². The molecule has 0 fully saturated rings. The van der Waals surface area contributed by atoms with Gasteiger partial charge in [-0.2, -0.15) is 0 Å². The number of hydrogen-bond donors (Lipinski definition) is 0. The lowest BCUT2D eigenvalue weighted by molar-refractivity contribution is 0.339. The Morgan fingerprint density at radius 1 is 1.11 bits per heavy atom. The Morgan fingerprint density at radius 2 is 1.89 bits per heavy atom. The van der Waals surface area contributed by atoms with Gasteiger partial charge in [-0.1, -0.05) is 24.3 Å². The SMILES string of the molecule is Cc1ccc(F)cc1OCCSc1ccccc1. The Hall–Kier alpha value is -1.48. The second-order valence-electron chi connectivity index (χ2n) is 3.92. The van der Waals surface area contributed by atoms with Crippen LogP contribution in [0.1, 0.15) is 5.56 Å². The first-order valence-electron chi connectivity index (χ1n) is 5.82. The first-order chi connectivity index (χ1) is 8.75. The fourth-order valence-corrected chi connectivity index (χ4v) is 2.31. The van der Waals surface area contributed by atoms with Gasteiger partial charge < -0.3 is 4.74 Å². The zero-order valence-electron chi connectivity index (χ0n) is 10.2. The fraction of sp³-hybridized carbons (Fsp3) is 0.200. The molecule has 0 bridgehead atoms. The summed E-state index contributed by atoms with van der Waals surface area (Å²) in [5, 5.41) is 0. The molecule has 0 amide bonds. The van der Waals surface area contributed by atoms with Crippen molar-refractivity contribution in [2.24, 2.45) is 0 Å². The second-order valence-corrected chi connectivity index (χ2v) is 5.09. The molecule has 0 aliphatic heterocycles. The van der Waals surface area contributed by atoms with Crippen molar-refractivity contribution >= 4 is 11.8 Å². The van der Waals surface area contributed by atoms with Crippen molar-refractivity contribution in [3.8, 4) is 5.75 Å².